The molecule has 0 N–H and O–H groups in total. The molecule has 0 saturated carbocycles. The van der Waals surface area contributed by atoms with E-state index in [1.54, 1.807) is 11.6 Å². The molecule has 0 bridgehead atoms. The van der Waals surface area contributed by atoms with Crippen molar-refractivity contribution in [3.05, 3.63) is 59.4 Å². The number of piperidine rings is 1. The van der Waals surface area contributed by atoms with Crippen LogP contribution in [0.5, 0.6) is 0 Å². The number of thiazole rings is 1. The van der Waals surface area contributed by atoms with Gasteiger partial charge in [-0.25, -0.2) is 13.4 Å². The van der Waals surface area contributed by atoms with Gasteiger partial charge in [0.25, 0.3) is 5.91 Å². The van der Waals surface area contributed by atoms with Crippen LogP contribution in [0, 0.1) is 6.92 Å². The zero-order valence-corrected chi connectivity index (χ0v) is 18.6. The van der Waals surface area contributed by atoms with Crippen molar-refractivity contribution in [3.8, 4) is 0 Å². The molecule has 1 amide bonds. The number of anilines is 2. The SMILES string of the molecule is Cc1csc(N(C(=O)c2cc(S(=O)(=O)N3CCCCC3)cn2C)c2ccccc2)n1. The zero-order valence-electron chi connectivity index (χ0n) is 17.0. The number of benzene rings is 1. The molecule has 1 aliphatic heterocycles. The first kappa shape index (κ1) is 20.8. The average molecular weight is 445 g/mol. The fourth-order valence-corrected chi connectivity index (χ4v) is 6.00. The molecular formula is C21H24N4O3S2. The summed E-state index contributed by atoms with van der Waals surface area (Å²) < 4.78 is 29.2. The number of sulfonamides is 1. The third-order valence-electron chi connectivity index (χ3n) is 5.17. The molecule has 158 valence electrons. The van der Waals surface area contributed by atoms with Crippen LogP contribution in [0.3, 0.4) is 0 Å². The smallest absolute Gasteiger partial charge is 0.281 e. The van der Waals surface area contributed by atoms with Gasteiger partial charge in [-0.05, 0) is 38.0 Å². The van der Waals surface area contributed by atoms with Gasteiger partial charge >= 0.3 is 0 Å². The first-order chi connectivity index (χ1) is 14.4. The van der Waals surface area contributed by atoms with Gasteiger partial charge in [0, 0.05) is 31.7 Å². The van der Waals surface area contributed by atoms with Crippen LogP contribution in [0.2, 0.25) is 0 Å². The molecule has 7 nitrogen and oxygen atoms in total. The highest BCUT2D eigenvalue weighted by atomic mass is 32.2. The van der Waals surface area contributed by atoms with Crippen molar-refractivity contribution < 1.29 is 13.2 Å². The quantitative estimate of drug-likeness (QED) is 0.597. The Bertz CT molecular complexity index is 1150. The van der Waals surface area contributed by atoms with Crippen LogP contribution >= 0.6 is 11.3 Å². The molecule has 0 spiro atoms. The summed E-state index contributed by atoms with van der Waals surface area (Å²) in [4.78, 5) is 19.7. The number of aryl methyl sites for hydroxylation is 2. The first-order valence-corrected chi connectivity index (χ1v) is 12.2. The summed E-state index contributed by atoms with van der Waals surface area (Å²) >= 11 is 1.37. The molecule has 0 unspecified atom stereocenters. The molecule has 3 heterocycles. The van der Waals surface area contributed by atoms with E-state index in [4.69, 9.17) is 0 Å². The molecule has 4 rings (SSSR count). The number of aromatic nitrogens is 2. The van der Waals surface area contributed by atoms with E-state index in [2.05, 4.69) is 4.98 Å². The molecule has 1 aromatic carbocycles. The van der Waals surface area contributed by atoms with Gasteiger partial charge in [0.15, 0.2) is 5.13 Å². The van der Waals surface area contributed by atoms with Crippen molar-refractivity contribution >= 4 is 38.1 Å². The summed E-state index contributed by atoms with van der Waals surface area (Å²) in [6.07, 6.45) is 4.29. The van der Waals surface area contributed by atoms with Crippen LogP contribution in [-0.4, -0.2) is 41.3 Å². The molecule has 1 fully saturated rings. The maximum absolute atomic E-state index is 13.6. The van der Waals surface area contributed by atoms with Crippen molar-refractivity contribution in [1.82, 2.24) is 13.9 Å². The number of carbonyl (C=O) groups excluding carboxylic acids is 1. The maximum atomic E-state index is 13.6. The highest BCUT2D eigenvalue weighted by Crippen LogP contribution is 2.31. The lowest BCUT2D eigenvalue weighted by atomic mass is 10.2. The summed E-state index contributed by atoms with van der Waals surface area (Å²) in [5.41, 5.74) is 1.80. The maximum Gasteiger partial charge on any atom is 0.281 e. The van der Waals surface area contributed by atoms with E-state index in [1.165, 1.54) is 32.8 Å². The Labute approximate surface area is 180 Å². The second-order valence-corrected chi connectivity index (χ2v) is 10.2. The van der Waals surface area contributed by atoms with Crippen molar-refractivity contribution in [2.75, 3.05) is 18.0 Å². The van der Waals surface area contributed by atoms with Crippen LogP contribution in [0.15, 0.2) is 52.9 Å². The van der Waals surface area contributed by atoms with E-state index in [1.807, 2.05) is 42.6 Å². The van der Waals surface area contributed by atoms with Crippen molar-refractivity contribution in [2.24, 2.45) is 7.05 Å². The third-order valence-corrected chi connectivity index (χ3v) is 7.98. The summed E-state index contributed by atoms with van der Waals surface area (Å²) in [5, 5.41) is 2.43. The lowest BCUT2D eigenvalue weighted by Gasteiger charge is -2.25. The predicted octanol–water partition coefficient (Wildman–Crippen LogP) is 3.94. The Hall–Kier alpha value is -2.49. The molecule has 0 radical (unpaired) electrons. The van der Waals surface area contributed by atoms with Crippen molar-refractivity contribution in [3.63, 3.8) is 0 Å². The van der Waals surface area contributed by atoms with Crippen LogP contribution in [0.4, 0.5) is 10.8 Å². The van der Waals surface area contributed by atoms with Crippen LogP contribution in [0.1, 0.15) is 35.4 Å². The van der Waals surface area contributed by atoms with Gasteiger partial charge in [0.1, 0.15) is 10.6 Å². The summed E-state index contributed by atoms with van der Waals surface area (Å²) in [7, 11) is -1.93. The lowest BCUT2D eigenvalue weighted by molar-refractivity contribution is 0.0991. The summed E-state index contributed by atoms with van der Waals surface area (Å²) in [5.74, 6) is -0.321. The van der Waals surface area contributed by atoms with Crippen LogP contribution in [0.25, 0.3) is 0 Å². The Morgan fingerprint density at radius 2 is 1.83 bits per heavy atom. The van der Waals surface area contributed by atoms with E-state index >= 15 is 0 Å². The van der Waals surface area contributed by atoms with Gasteiger partial charge in [-0.1, -0.05) is 24.6 Å². The molecule has 3 aromatic rings. The van der Waals surface area contributed by atoms with Gasteiger partial charge < -0.3 is 4.57 Å². The molecule has 30 heavy (non-hydrogen) atoms. The van der Waals surface area contributed by atoms with Crippen LogP contribution in [-0.2, 0) is 17.1 Å². The predicted molar refractivity (Wildman–Crippen MR) is 118 cm³/mol. The minimum Gasteiger partial charge on any atom is -0.345 e. The van der Waals surface area contributed by atoms with E-state index in [0.29, 0.717) is 29.6 Å². The highest BCUT2D eigenvalue weighted by molar-refractivity contribution is 7.89. The second kappa shape index (κ2) is 8.33. The van der Waals surface area contributed by atoms with Gasteiger partial charge in [-0.15, -0.1) is 11.3 Å². The Balaban J connectivity index is 1.72. The number of para-hydroxylation sites is 1. The van der Waals surface area contributed by atoms with Gasteiger partial charge in [-0.3, -0.25) is 9.69 Å². The lowest BCUT2D eigenvalue weighted by Crippen LogP contribution is -2.35. The zero-order chi connectivity index (χ0) is 21.3. The Morgan fingerprint density at radius 1 is 1.13 bits per heavy atom. The molecule has 1 aliphatic rings. The molecule has 1 saturated heterocycles. The monoisotopic (exact) mass is 444 g/mol. The summed E-state index contributed by atoms with van der Waals surface area (Å²) in [6, 6.07) is 10.7. The Morgan fingerprint density at radius 3 is 2.47 bits per heavy atom. The Kier molecular flexibility index (Phi) is 5.77. The topological polar surface area (TPSA) is 75.5 Å². The molecule has 9 heteroatoms. The largest absolute Gasteiger partial charge is 0.345 e. The number of hydrogen-bond acceptors (Lipinski definition) is 5. The molecule has 0 atom stereocenters. The average Bonchev–Trinajstić information content (AvgIpc) is 3.35. The minimum absolute atomic E-state index is 0.151. The molecular weight excluding hydrogens is 420 g/mol. The summed E-state index contributed by atoms with van der Waals surface area (Å²) in [6.45, 7) is 2.92. The second-order valence-electron chi connectivity index (χ2n) is 7.38. The van der Waals surface area contributed by atoms with E-state index in [9.17, 15) is 13.2 Å². The van der Waals surface area contributed by atoms with Gasteiger partial charge in [0.05, 0.1) is 11.4 Å². The third kappa shape index (κ3) is 3.92. The van der Waals surface area contributed by atoms with Gasteiger partial charge in [0.2, 0.25) is 10.0 Å². The van der Waals surface area contributed by atoms with Crippen LogP contribution < -0.4 is 4.90 Å². The fraction of sp³-hybridized carbons (Fsp3) is 0.333. The number of hydrogen-bond donors (Lipinski definition) is 0. The minimum atomic E-state index is -3.62. The first-order valence-electron chi connectivity index (χ1n) is 9.86. The normalized spacial score (nSPS) is 15.3. The van der Waals surface area contributed by atoms with E-state index < -0.39 is 10.0 Å². The number of amides is 1. The van der Waals surface area contributed by atoms with Gasteiger partial charge in [-0.2, -0.15) is 4.31 Å². The number of rotatable bonds is 5. The number of nitrogens with zero attached hydrogens (tertiary/aromatic N) is 4. The fourth-order valence-electron chi connectivity index (χ4n) is 3.59. The van der Waals surface area contributed by atoms with E-state index in [-0.39, 0.29) is 10.8 Å². The van der Waals surface area contributed by atoms with Crippen molar-refractivity contribution in [2.45, 2.75) is 31.1 Å². The standard InChI is InChI=1S/C21H24N4O3S2/c1-16-15-29-21(22-16)25(17-9-5-3-6-10-17)20(26)19-13-18(14-23(19)2)30(27,28)24-11-7-4-8-12-24/h3,5-6,9-10,13-15H,4,7-8,11-12H2,1-2H3. The molecule has 2 aromatic heterocycles. The van der Waals surface area contributed by atoms with Crippen molar-refractivity contribution in [1.29, 1.82) is 0 Å². The number of carbonyl (C=O) groups is 1. The van der Waals surface area contributed by atoms with E-state index in [0.717, 1.165) is 25.0 Å². The molecule has 0 aliphatic carbocycles. The highest BCUT2D eigenvalue weighted by Gasteiger charge is 2.30.